The van der Waals surface area contributed by atoms with E-state index in [2.05, 4.69) is 63.5 Å². The van der Waals surface area contributed by atoms with Gasteiger partial charge in [-0.25, -0.2) is 13.8 Å². The van der Waals surface area contributed by atoms with Crippen molar-refractivity contribution in [3.8, 4) is 45.8 Å². The molecule has 5 atom stereocenters. The van der Waals surface area contributed by atoms with Crippen molar-refractivity contribution in [1.82, 2.24) is 45.5 Å². The van der Waals surface area contributed by atoms with E-state index < -0.39 is 23.6 Å². The van der Waals surface area contributed by atoms with Crippen LogP contribution < -0.4 is 25.2 Å². The van der Waals surface area contributed by atoms with E-state index in [-0.39, 0.29) is 75.3 Å². The van der Waals surface area contributed by atoms with Gasteiger partial charge in [0.1, 0.15) is 47.2 Å². The van der Waals surface area contributed by atoms with Gasteiger partial charge in [-0.1, -0.05) is 55.3 Å². The number of pyridine rings is 1. The van der Waals surface area contributed by atoms with Crippen LogP contribution >= 0.6 is 11.3 Å². The number of carbonyl (C=O) groups excluding carboxylic acids is 2. The molecule has 5 aliphatic rings. The van der Waals surface area contributed by atoms with Crippen molar-refractivity contribution in [3.05, 3.63) is 101 Å². The van der Waals surface area contributed by atoms with Crippen molar-refractivity contribution >= 4 is 56.5 Å². The Bertz CT molecular complexity index is 3520. The van der Waals surface area contributed by atoms with E-state index in [0.29, 0.717) is 73.4 Å². The van der Waals surface area contributed by atoms with E-state index >= 15 is 8.78 Å². The fourth-order valence-electron chi connectivity index (χ4n) is 13.5. The van der Waals surface area contributed by atoms with Crippen LogP contribution in [0.1, 0.15) is 113 Å². The zero-order chi connectivity index (χ0) is 56.8. The van der Waals surface area contributed by atoms with Crippen molar-refractivity contribution in [3.63, 3.8) is 0 Å². The van der Waals surface area contributed by atoms with E-state index in [1.54, 1.807) is 22.4 Å². The van der Waals surface area contributed by atoms with Crippen molar-refractivity contribution in [1.29, 1.82) is 0 Å². The number of hydrogen-bond donors (Lipinski definition) is 3. The number of thiazole rings is 1. The summed E-state index contributed by atoms with van der Waals surface area (Å²) in [5.41, 5.74) is 4.98. The summed E-state index contributed by atoms with van der Waals surface area (Å²) >= 11 is 1.61. The Morgan fingerprint density at radius 3 is 2.37 bits per heavy atom. The van der Waals surface area contributed by atoms with Gasteiger partial charge in [0.05, 0.1) is 33.1 Å². The lowest BCUT2D eigenvalue weighted by molar-refractivity contribution is -0.141. The summed E-state index contributed by atoms with van der Waals surface area (Å²) in [4.78, 5) is 56.5. The minimum Gasteiger partial charge on any atom is -0.508 e. The number of nitrogens with one attached hydrogen (secondary N) is 2. The number of aromatic nitrogens is 5. The fraction of sp³-hybridized carbons (Fsp3) is 0.476. The van der Waals surface area contributed by atoms with Crippen LogP contribution in [0.25, 0.3) is 43.4 Å². The van der Waals surface area contributed by atoms with Gasteiger partial charge in [-0.05, 0) is 137 Å². The molecule has 0 saturated carbocycles. The van der Waals surface area contributed by atoms with Crippen LogP contribution in [0.4, 0.5) is 20.4 Å². The molecule has 16 nitrogen and oxygen atoms in total. The first-order valence-electron chi connectivity index (χ1n) is 29.2. The highest BCUT2D eigenvalue weighted by molar-refractivity contribution is 7.13. The molecular formula is C63H71F2N11O5S. The van der Waals surface area contributed by atoms with Crippen LogP contribution in [0.15, 0.2) is 70.8 Å². The second kappa shape index (κ2) is 23.5. The zero-order valence-corrected chi connectivity index (χ0v) is 47.9. The fourth-order valence-corrected chi connectivity index (χ4v) is 14.3. The molecule has 2 amide bonds. The number of benzene rings is 3. The number of phenolic OH excluding ortho intramolecular Hbond substituents is 1. The number of nitrogens with zero attached hydrogens (tertiary/aromatic N) is 9. The van der Waals surface area contributed by atoms with Crippen LogP contribution in [0.5, 0.6) is 11.8 Å². The molecule has 0 radical (unpaired) electrons. The number of terminal acetylenes is 1. The lowest BCUT2D eigenvalue weighted by Gasteiger charge is -2.36. The maximum Gasteiger partial charge on any atom is 0.319 e. The molecule has 2 bridgehead atoms. The van der Waals surface area contributed by atoms with Gasteiger partial charge in [-0.2, -0.15) is 9.97 Å². The van der Waals surface area contributed by atoms with Crippen molar-refractivity contribution < 1.29 is 32.7 Å². The van der Waals surface area contributed by atoms with E-state index in [1.807, 2.05) is 51.4 Å². The number of rotatable bonds is 16. The Morgan fingerprint density at radius 1 is 0.915 bits per heavy atom. The van der Waals surface area contributed by atoms with E-state index in [4.69, 9.17) is 20.7 Å². The highest BCUT2D eigenvalue weighted by Crippen LogP contribution is 2.41. The quantitative estimate of drug-likeness (QED) is 0.0779. The minimum atomic E-state index is -0.741. The summed E-state index contributed by atoms with van der Waals surface area (Å²) in [6.07, 6.45) is 16.3. The Balaban J connectivity index is 0.634. The molecule has 5 saturated heterocycles. The van der Waals surface area contributed by atoms with Gasteiger partial charge in [-0.15, -0.1) is 17.8 Å². The third kappa shape index (κ3) is 11.2. The summed E-state index contributed by atoms with van der Waals surface area (Å²) in [5, 5.41) is 23.2. The minimum absolute atomic E-state index is 0.0253. The summed E-state index contributed by atoms with van der Waals surface area (Å²) in [6, 6.07) is 15.6. The third-order valence-corrected chi connectivity index (χ3v) is 18.9. The number of aryl methyl sites for hydroxylation is 1. The molecule has 12 rings (SSSR count). The van der Waals surface area contributed by atoms with Crippen LogP contribution in [0.3, 0.4) is 0 Å². The number of phenols is 1. The first-order chi connectivity index (χ1) is 39.8. The van der Waals surface area contributed by atoms with E-state index in [9.17, 15) is 14.7 Å². The van der Waals surface area contributed by atoms with Crippen molar-refractivity contribution in [2.24, 2.45) is 17.8 Å². The number of piperazine rings is 1. The molecule has 3 N–H and O–H groups in total. The van der Waals surface area contributed by atoms with E-state index in [0.717, 1.165) is 98.6 Å². The number of amides is 2. The molecule has 0 spiro atoms. The molecule has 3 aromatic carbocycles. The normalized spacial score (nSPS) is 20.7. The number of anilines is 2. The smallest absolute Gasteiger partial charge is 0.319 e. The van der Waals surface area contributed by atoms with Crippen molar-refractivity contribution in [2.45, 2.75) is 116 Å². The molecule has 2 unspecified atom stereocenters. The Kier molecular flexibility index (Phi) is 15.9. The Labute approximate surface area is 481 Å². The van der Waals surface area contributed by atoms with Crippen LogP contribution in [-0.4, -0.2) is 129 Å². The highest BCUT2D eigenvalue weighted by Gasteiger charge is 2.41. The summed E-state index contributed by atoms with van der Waals surface area (Å²) in [5.74, 6) is 3.13. The molecule has 5 fully saturated rings. The van der Waals surface area contributed by atoms with Gasteiger partial charge < -0.3 is 39.7 Å². The average molecular weight is 1130 g/mol. The topological polar surface area (TPSA) is 178 Å². The summed E-state index contributed by atoms with van der Waals surface area (Å²) in [7, 11) is 0. The number of ether oxygens (including phenoxy) is 1. The average Bonchev–Trinajstić information content (AvgIpc) is 3.83. The van der Waals surface area contributed by atoms with Gasteiger partial charge in [0, 0.05) is 74.6 Å². The largest absolute Gasteiger partial charge is 0.508 e. The van der Waals surface area contributed by atoms with Gasteiger partial charge in [0.2, 0.25) is 11.8 Å². The summed E-state index contributed by atoms with van der Waals surface area (Å²) in [6.45, 7) is 14.6. The predicted octanol–water partition coefficient (Wildman–Crippen LogP) is 10.2. The number of carbonyl (C=O) groups is 2. The maximum atomic E-state index is 17.1. The second-order valence-corrected chi connectivity index (χ2v) is 24.5. The number of halogens is 2. The highest BCUT2D eigenvalue weighted by atomic mass is 32.1. The lowest BCUT2D eigenvalue weighted by Crippen LogP contribution is -2.51. The van der Waals surface area contributed by atoms with Gasteiger partial charge in [-0.3, -0.25) is 19.5 Å². The Hall–Kier alpha value is -7.27. The van der Waals surface area contributed by atoms with E-state index in [1.165, 1.54) is 30.7 Å². The number of piperidine rings is 2. The Morgan fingerprint density at radius 2 is 1.66 bits per heavy atom. The first-order valence-corrected chi connectivity index (χ1v) is 30.1. The molecular weight excluding hydrogens is 1060 g/mol. The predicted molar refractivity (Wildman–Crippen MR) is 314 cm³/mol. The zero-order valence-electron chi connectivity index (χ0n) is 47.0. The summed E-state index contributed by atoms with van der Waals surface area (Å²) < 4.78 is 44.5. The molecule has 19 heteroatoms. The van der Waals surface area contributed by atoms with Gasteiger partial charge in [0.15, 0.2) is 17.4 Å². The molecule has 82 heavy (non-hydrogen) atoms. The first kappa shape index (κ1) is 55.3. The number of likely N-dealkylation sites (tertiary alicyclic amines) is 2. The van der Waals surface area contributed by atoms with Crippen LogP contribution in [0, 0.1) is 48.7 Å². The monoisotopic (exact) mass is 1130 g/mol. The number of aromatic hydroxyl groups is 1. The molecule has 9 heterocycles. The molecule has 428 valence electrons. The van der Waals surface area contributed by atoms with Gasteiger partial charge >= 0.3 is 6.01 Å². The molecule has 7 aromatic rings. The number of hydrogen-bond acceptors (Lipinski definition) is 15. The maximum absolute atomic E-state index is 17.1. The van der Waals surface area contributed by atoms with Crippen LogP contribution in [0.2, 0.25) is 0 Å². The standard InChI is InChI=1S/C63H71F2N11O5S/c1-6-47-50(64)16-13-43-29-46(77)30-48(55(43)47)57-56(65)58-49(32-66-57)60(75-33-44-14-15-45(34-75)69-44)71-63(70-58)80-27-26-73-22-17-39(18-23-73)28-40-19-24-74(25-20-40)53-31-52(81-72-53)54(36(2)3)62(79)76-21-7-8-51(76)61(78)68-37(4)41-9-11-42(12-10-41)59-38(5)67-35-82-59/h1,9-13,16,29-32,35-37,39-40,44-45,51,54,69,77H,7-8,14-15,17-28,33-34H2,2-5H3,(H,68,78)/t37-,44?,45?,51-,54+/m0/s1. The third-order valence-electron chi connectivity index (χ3n) is 17.9. The second-order valence-electron chi connectivity index (χ2n) is 23.6. The SMILES string of the molecule is C#Cc1c(F)ccc2cc(O)cc(-c3ncc4c(N5CC6CCC(C5)N6)nc(OCCN5CCC(CC6CCN(c7cc([C@H](C(=O)N8CCC[C@H]8C(=O)N[C@@H](C)c8ccc(-c9scnc9C)cc8)C(C)C)on7)CC6)CC5)nc4c3F)c12. The molecule has 5 aliphatic heterocycles. The van der Waals surface area contributed by atoms with Crippen molar-refractivity contribution in [2.75, 3.05) is 68.8 Å². The lowest BCUT2D eigenvalue weighted by atomic mass is 9.83. The molecule has 0 aliphatic carbocycles. The van der Waals surface area contributed by atoms with Crippen LogP contribution in [-0.2, 0) is 9.59 Å². The number of fused-ring (bicyclic) bond motifs is 4. The molecule has 4 aromatic heterocycles. The van der Waals surface area contributed by atoms with Gasteiger partial charge in [0.25, 0.3) is 0 Å².